The summed E-state index contributed by atoms with van der Waals surface area (Å²) >= 11 is 0. The van der Waals surface area contributed by atoms with Gasteiger partial charge in [0.15, 0.2) is 0 Å². The van der Waals surface area contributed by atoms with E-state index in [1.165, 1.54) is 7.11 Å². The Kier molecular flexibility index (Phi) is 5.33. The average Bonchev–Trinajstić information content (AvgIpc) is 2.47. The van der Waals surface area contributed by atoms with Crippen LogP contribution in [0.5, 0.6) is 0 Å². The van der Waals surface area contributed by atoms with Gasteiger partial charge < -0.3 is 10.1 Å². The maximum Gasteiger partial charge on any atom is 0.308 e. The van der Waals surface area contributed by atoms with Gasteiger partial charge in [-0.2, -0.15) is 0 Å². The highest BCUT2D eigenvalue weighted by Crippen LogP contribution is 2.18. The highest BCUT2D eigenvalue weighted by Gasteiger charge is 2.26. The predicted molar refractivity (Wildman–Crippen MR) is 81.0 cm³/mol. The monoisotopic (exact) mass is 290 g/mol. The standard InChI is InChI=1S/C16H22N2O3/c1-12-4-3-5-14(10-12)17-15(19)11-18-8-6-13(7-9-18)16(20)21-2/h3-5,10,13H,6-9,11H2,1-2H3,(H,17,19). The number of nitrogens with zero attached hydrogens (tertiary/aromatic N) is 1. The van der Waals surface area contributed by atoms with Crippen molar-refractivity contribution in [3.63, 3.8) is 0 Å². The van der Waals surface area contributed by atoms with Crippen molar-refractivity contribution in [2.24, 2.45) is 5.92 Å². The Bertz CT molecular complexity index is 508. The van der Waals surface area contributed by atoms with Crippen molar-refractivity contribution in [3.05, 3.63) is 29.8 Å². The van der Waals surface area contributed by atoms with Crippen LogP contribution in [-0.4, -0.2) is 43.5 Å². The minimum absolute atomic E-state index is 0.0166. The molecular weight excluding hydrogens is 268 g/mol. The number of amides is 1. The van der Waals surface area contributed by atoms with E-state index in [0.717, 1.165) is 37.2 Å². The molecule has 1 amide bonds. The number of carbonyl (C=O) groups is 2. The first-order chi connectivity index (χ1) is 10.1. The molecule has 1 aliphatic rings. The highest BCUT2D eigenvalue weighted by molar-refractivity contribution is 5.92. The van der Waals surface area contributed by atoms with Crippen LogP contribution in [0.3, 0.4) is 0 Å². The summed E-state index contributed by atoms with van der Waals surface area (Å²) < 4.78 is 4.76. The van der Waals surface area contributed by atoms with Crippen molar-refractivity contribution in [2.75, 3.05) is 32.1 Å². The largest absolute Gasteiger partial charge is 0.469 e. The minimum Gasteiger partial charge on any atom is -0.469 e. The van der Waals surface area contributed by atoms with Crippen molar-refractivity contribution in [2.45, 2.75) is 19.8 Å². The number of methoxy groups -OCH3 is 1. The fourth-order valence-corrected chi connectivity index (χ4v) is 2.62. The fourth-order valence-electron chi connectivity index (χ4n) is 2.62. The van der Waals surface area contributed by atoms with Gasteiger partial charge in [-0.15, -0.1) is 0 Å². The number of aryl methyl sites for hydroxylation is 1. The van der Waals surface area contributed by atoms with E-state index in [2.05, 4.69) is 10.2 Å². The van der Waals surface area contributed by atoms with Gasteiger partial charge in [0.1, 0.15) is 0 Å². The van der Waals surface area contributed by atoms with Gasteiger partial charge in [0.2, 0.25) is 5.91 Å². The van der Waals surface area contributed by atoms with Crippen LogP contribution >= 0.6 is 0 Å². The molecule has 0 aromatic heterocycles. The van der Waals surface area contributed by atoms with E-state index in [0.29, 0.717) is 6.54 Å². The number of anilines is 1. The summed E-state index contributed by atoms with van der Waals surface area (Å²) in [7, 11) is 1.42. The van der Waals surface area contributed by atoms with E-state index >= 15 is 0 Å². The molecule has 1 fully saturated rings. The summed E-state index contributed by atoms with van der Waals surface area (Å²) in [5.41, 5.74) is 1.94. The Morgan fingerprint density at radius 2 is 2.05 bits per heavy atom. The van der Waals surface area contributed by atoms with Crippen LogP contribution in [0, 0.1) is 12.8 Å². The zero-order valence-corrected chi connectivity index (χ0v) is 12.6. The van der Waals surface area contributed by atoms with Crippen LogP contribution in [0.4, 0.5) is 5.69 Å². The molecule has 5 nitrogen and oxygen atoms in total. The smallest absolute Gasteiger partial charge is 0.308 e. The number of likely N-dealkylation sites (tertiary alicyclic amines) is 1. The average molecular weight is 290 g/mol. The third kappa shape index (κ3) is 4.56. The van der Waals surface area contributed by atoms with Crippen LogP contribution in [0.25, 0.3) is 0 Å². The van der Waals surface area contributed by atoms with Crippen molar-refractivity contribution in [1.29, 1.82) is 0 Å². The highest BCUT2D eigenvalue weighted by atomic mass is 16.5. The molecule has 1 aliphatic heterocycles. The molecule has 0 unspecified atom stereocenters. The lowest BCUT2D eigenvalue weighted by atomic mass is 9.97. The van der Waals surface area contributed by atoms with Gasteiger partial charge in [0, 0.05) is 5.69 Å². The number of nitrogens with one attached hydrogen (secondary N) is 1. The number of piperidine rings is 1. The van der Waals surface area contributed by atoms with E-state index in [4.69, 9.17) is 4.74 Å². The van der Waals surface area contributed by atoms with Gasteiger partial charge in [-0.1, -0.05) is 12.1 Å². The molecule has 114 valence electrons. The van der Waals surface area contributed by atoms with Crippen LogP contribution in [-0.2, 0) is 14.3 Å². The molecule has 21 heavy (non-hydrogen) atoms. The van der Waals surface area contributed by atoms with Crippen molar-refractivity contribution in [3.8, 4) is 0 Å². The molecule has 5 heteroatoms. The predicted octanol–water partition coefficient (Wildman–Crippen LogP) is 1.82. The van der Waals surface area contributed by atoms with Gasteiger partial charge in [0.25, 0.3) is 0 Å². The van der Waals surface area contributed by atoms with Crippen LogP contribution in [0.2, 0.25) is 0 Å². The second-order valence-electron chi connectivity index (χ2n) is 5.49. The Hall–Kier alpha value is -1.88. The number of hydrogen-bond acceptors (Lipinski definition) is 4. The number of benzene rings is 1. The third-order valence-corrected chi connectivity index (χ3v) is 3.79. The molecule has 2 rings (SSSR count). The molecule has 0 bridgehead atoms. The summed E-state index contributed by atoms with van der Waals surface area (Å²) in [6, 6.07) is 7.75. The first kappa shape index (κ1) is 15.5. The fraction of sp³-hybridized carbons (Fsp3) is 0.500. The van der Waals surface area contributed by atoms with Gasteiger partial charge in [-0.3, -0.25) is 14.5 Å². The zero-order chi connectivity index (χ0) is 15.2. The quantitative estimate of drug-likeness (QED) is 0.859. The SMILES string of the molecule is COC(=O)C1CCN(CC(=O)Nc2cccc(C)c2)CC1. The number of rotatable bonds is 4. The Morgan fingerprint density at radius 3 is 2.67 bits per heavy atom. The first-order valence-electron chi connectivity index (χ1n) is 7.25. The topological polar surface area (TPSA) is 58.6 Å². The van der Waals surface area contributed by atoms with Gasteiger partial charge in [-0.05, 0) is 50.6 Å². The Balaban J connectivity index is 1.78. The lowest BCUT2D eigenvalue weighted by molar-refractivity contribution is -0.147. The first-order valence-corrected chi connectivity index (χ1v) is 7.25. The van der Waals surface area contributed by atoms with E-state index < -0.39 is 0 Å². The molecule has 0 atom stereocenters. The number of hydrogen-bond donors (Lipinski definition) is 1. The van der Waals surface area contributed by atoms with Crippen LogP contribution in [0.1, 0.15) is 18.4 Å². The van der Waals surface area contributed by atoms with Crippen molar-refractivity contribution in [1.82, 2.24) is 4.90 Å². The minimum atomic E-state index is -0.140. The normalized spacial score (nSPS) is 16.5. The van der Waals surface area contributed by atoms with Crippen LogP contribution < -0.4 is 5.32 Å². The maximum absolute atomic E-state index is 12.0. The Labute approximate surface area is 125 Å². The second-order valence-corrected chi connectivity index (χ2v) is 5.49. The number of ether oxygens (including phenoxy) is 1. The van der Waals surface area contributed by atoms with Crippen molar-refractivity contribution < 1.29 is 14.3 Å². The van der Waals surface area contributed by atoms with Crippen molar-refractivity contribution >= 4 is 17.6 Å². The molecule has 0 saturated carbocycles. The molecule has 0 spiro atoms. The number of carbonyl (C=O) groups excluding carboxylic acids is 2. The molecule has 1 aromatic carbocycles. The molecule has 1 aromatic rings. The molecule has 0 radical (unpaired) electrons. The molecular formula is C16H22N2O3. The summed E-state index contributed by atoms with van der Waals surface area (Å²) in [6.07, 6.45) is 1.51. The molecule has 1 saturated heterocycles. The van der Waals surface area contributed by atoms with E-state index in [9.17, 15) is 9.59 Å². The summed E-state index contributed by atoms with van der Waals surface area (Å²) in [6.45, 7) is 3.86. The van der Waals surface area contributed by atoms with Gasteiger partial charge in [-0.25, -0.2) is 0 Å². The maximum atomic E-state index is 12.0. The van der Waals surface area contributed by atoms with E-state index in [1.807, 2.05) is 31.2 Å². The number of esters is 1. The molecule has 1 heterocycles. The second kappa shape index (κ2) is 7.22. The summed E-state index contributed by atoms with van der Waals surface area (Å²) in [5, 5.41) is 2.90. The van der Waals surface area contributed by atoms with Gasteiger partial charge >= 0.3 is 5.97 Å². The van der Waals surface area contributed by atoms with Crippen LogP contribution in [0.15, 0.2) is 24.3 Å². The lowest BCUT2D eigenvalue weighted by Crippen LogP contribution is -2.41. The zero-order valence-electron chi connectivity index (χ0n) is 12.6. The lowest BCUT2D eigenvalue weighted by Gasteiger charge is -2.29. The molecule has 0 aliphatic carbocycles. The van der Waals surface area contributed by atoms with Gasteiger partial charge in [0.05, 0.1) is 19.6 Å². The summed E-state index contributed by atoms with van der Waals surface area (Å²) in [4.78, 5) is 25.5. The molecule has 1 N–H and O–H groups in total. The Morgan fingerprint density at radius 1 is 1.33 bits per heavy atom. The van der Waals surface area contributed by atoms with E-state index in [1.54, 1.807) is 0 Å². The third-order valence-electron chi connectivity index (χ3n) is 3.79. The van der Waals surface area contributed by atoms with E-state index in [-0.39, 0.29) is 17.8 Å². The summed E-state index contributed by atoms with van der Waals surface area (Å²) in [5.74, 6) is -0.179.